The van der Waals surface area contributed by atoms with Crippen molar-refractivity contribution < 1.29 is 14.7 Å². The molecule has 0 radical (unpaired) electrons. The molecule has 2 atom stereocenters. The molecule has 1 aliphatic rings. The number of likely N-dealkylation sites (tertiary alicyclic amines) is 1. The quantitative estimate of drug-likeness (QED) is 0.815. The summed E-state index contributed by atoms with van der Waals surface area (Å²) in [6.45, 7) is 2.34. The molecule has 5 nitrogen and oxygen atoms in total. The number of hydrogen-bond donors (Lipinski definition) is 1. The standard InChI is InChI=1S/C16H22N2O3S/c1-12-5-6-13(16(20)21)10-18(12)15(19)7-9-22-11-14-4-2-3-8-17-14/h2-4,8,12-13H,5-7,9-11H2,1H3,(H,20,21). The van der Waals surface area contributed by atoms with Gasteiger partial charge in [0.05, 0.1) is 11.6 Å². The summed E-state index contributed by atoms with van der Waals surface area (Å²) in [6.07, 6.45) is 3.65. The fraction of sp³-hybridized carbons (Fsp3) is 0.562. The Hall–Kier alpha value is -1.56. The molecule has 2 rings (SSSR count). The number of carboxylic acids is 1. The first-order valence-electron chi connectivity index (χ1n) is 7.58. The highest BCUT2D eigenvalue weighted by molar-refractivity contribution is 7.98. The molecule has 1 aromatic heterocycles. The number of nitrogens with zero attached hydrogens (tertiary/aromatic N) is 2. The molecule has 1 aliphatic heterocycles. The lowest BCUT2D eigenvalue weighted by molar-refractivity contribution is -0.147. The Bertz CT molecular complexity index is 509. The van der Waals surface area contributed by atoms with Crippen LogP contribution in [0.5, 0.6) is 0 Å². The summed E-state index contributed by atoms with van der Waals surface area (Å²) in [6, 6.07) is 5.95. The third-order valence-electron chi connectivity index (χ3n) is 3.99. The summed E-state index contributed by atoms with van der Waals surface area (Å²) in [4.78, 5) is 29.4. The molecule has 1 aromatic rings. The maximum Gasteiger partial charge on any atom is 0.308 e. The van der Waals surface area contributed by atoms with Crippen molar-refractivity contribution in [1.82, 2.24) is 9.88 Å². The number of hydrogen-bond acceptors (Lipinski definition) is 4. The van der Waals surface area contributed by atoms with Crippen LogP contribution < -0.4 is 0 Å². The van der Waals surface area contributed by atoms with E-state index in [1.54, 1.807) is 22.9 Å². The van der Waals surface area contributed by atoms with E-state index in [1.807, 2.05) is 25.1 Å². The van der Waals surface area contributed by atoms with E-state index in [0.717, 1.165) is 23.6 Å². The summed E-state index contributed by atoms with van der Waals surface area (Å²) in [5.41, 5.74) is 1.01. The van der Waals surface area contributed by atoms with Crippen molar-refractivity contribution in [3.63, 3.8) is 0 Å². The van der Waals surface area contributed by atoms with Gasteiger partial charge in [-0.05, 0) is 31.9 Å². The SMILES string of the molecule is CC1CCC(C(=O)O)CN1C(=O)CCSCc1ccccn1. The van der Waals surface area contributed by atoms with Gasteiger partial charge in [-0.3, -0.25) is 14.6 Å². The number of pyridine rings is 1. The van der Waals surface area contributed by atoms with E-state index in [4.69, 9.17) is 5.11 Å². The van der Waals surface area contributed by atoms with Crippen LogP contribution in [0.1, 0.15) is 31.9 Å². The van der Waals surface area contributed by atoms with E-state index in [0.29, 0.717) is 19.4 Å². The second-order valence-corrected chi connectivity index (χ2v) is 6.74. The van der Waals surface area contributed by atoms with Crippen LogP contribution in [-0.2, 0) is 15.3 Å². The predicted octanol–water partition coefficient (Wildman–Crippen LogP) is 2.42. The number of carbonyl (C=O) groups excluding carboxylic acids is 1. The number of carboxylic acid groups (broad SMARTS) is 1. The minimum Gasteiger partial charge on any atom is -0.481 e. The van der Waals surface area contributed by atoms with Gasteiger partial charge < -0.3 is 10.0 Å². The Morgan fingerprint density at radius 2 is 2.23 bits per heavy atom. The molecule has 2 heterocycles. The molecular formula is C16H22N2O3S. The first kappa shape index (κ1) is 16.8. The summed E-state index contributed by atoms with van der Waals surface area (Å²) < 4.78 is 0. The van der Waals surface area contributed by atoms with E-state index in [9.17, 15) is 9.59 Å². The van der Waals surface area contributed by atoms with E-state index < -0.39 is 11.9 Å². The first-order valence-corrected chi connectivity index (χ1v) is 8.73. The topological polar surface area (TPSA) is 70.5 Å². The van der Waals surface area contributed by atoms with Crippen molar-refractivity contribution in [1.29, 1.82) is 0 Å². The van der Waals surface area contributed by atoms with Crippen LogP contribution in [0, 0.1) is 5.92 Å². The van der Waals surface area contributed by atoms with Crippen LogP contribution in [0.4, 0.5) is 0 Å². The molecule has 0 spiro atoms. The van der Waals surface area contributed by atoms with E-state index in [2.05, 4.69) is 4.98 Å². The molecule has 1 N–H and O–H groups in total. The number of aliphatic carboxylic acids is 1. The van der Waals surface area contributed by atoms with Gasteiger partial charge in [-0.2, -0.15) is 11.8 Å². The van der Waals surface area contributed by atoms with Crippen LogP contribution in [-0.4, -0.2) is 45.2 Å². The Morgan fingerprint density at radius 1 is 1.41 bits per heavy atom. The van der Waals surface area contributed by atoms with E-state index in [1.165, 1.54) is 0 Å². The molecule has 1 saturated heterocycles. The average Bonchev–Trinajstić information content (AvgIpc) is 2.52. The third-order valence-corrected chi connectivity index (χ3v) is 4.98. The largest absolute Gasteiger partial charge is 0.481 e. The number of carbonyl (C=O) groups is 2. The zero-order valence-corrected chi connectivity index (χ0v) is 13.6. The highest BCUT2D eigenvalue weighted by Gasteiger charge is 2.32. The zero-order valence-electron chi connectivity index (χ0n) is 12.8. The molecule has 0 aliphatic carbocycles. The van der Waals surface area contributed by atoms with Gasteiger partial charge in [0.25, 0.3) is 0 Å². The van der Waals surface area contributed by atoms with Crippen molar-refractivity contribution >= 4 is 23.6 Å². The van der Waals surface area contributed by atoms with Crippen LogP contribution in [0.15, 0.2) is 24.4 Å². The van der Waals surface area contributed by atoms with Gasteiger partial charge in [-0.15, -0.1) is 0 Å². The van der Waals surface area contributed by atoms with Gasteiger partial charge >= 0.3 is 5.97 Å². The van der Waals surface area contributed by atoms with Crippen molar-refractivity contribution in [3.8, 4) is 0 Å². The Labute approximate surface area is 135 Å². The Kier molecular flexibility index (Phi) is 6.24. The molecule has 22 heavy (non-hydrogen) atoms. The highest BCUT2D eigenvalue weighted by Crippen LogP contribution is 2.23. The van der Waals surface area contributed by atoms with Crippen molar-refractivity contribution in [2.24, 2.45) is 5.92 Å². The van der Waals surface area contributed by atoms with Gasteiger partial charge in [0, 0.05) is 36.7 Å². The lowest BCUT2D eigenvalue weighted by Gasteiger charge is -2.36. The van der Waals surface area contributed by atoms with Crippen molar-refractivity contribution in [2.45, 2.75) is 38.0 Å². The molecule has 1 fully saturated rings. The van der Waals surface area contributed by atoms with E-state index >= 15 is 0 Å². The summed E-state index contributed by atoms with van der Waals surface area (Å²) in [5, 5.41) is 9.12. The number of thioether (sulfide) groups is 1. The fourth-order valence-corrected chi connectivity index (χ4v) is 3.46. The van der Waals surface area contributed by atoms with Gasteiger partial charge in [-0.1, -0.05) is 6.07 Å². The molecule has 1 amide bonds. The van der Waals surface area contributed by atoms with Gasteiger partial charge in [-0.25, -0.2) is 0 Å². The maximum atomic E-state index is 12.3. The monoisotopic (exact) mass is 322 g/mol. The van der Waals surface area contributed by atoms with Crippen LogP contribution >= 0.6 is 11.8 Å². The normalized spacial score (nSPS) is 21.6. The summed E-state index contributed by atoms with van der Waals surface area (Å²) >= 11 is 1.68. The molecule has 2 unspecified atom stereocenters. The third kappa shape index (κ3) is 4.73. The molecule has 0 bridgehead atoms. The van der Waals surface area contributed by atoms with Crippen LogP contribution in [0.2, 0.25) is 0 Å². The minimum atomic E-state index is -0.797. The smallest absolute Gasteiger partial charge is 0.308 e. The van der Waals surface area contributed by atoms with Gasteiger partial charge in [0.2, 0.25) is 5.91 Å². The molecule has 120 valence electrons. The Balaban J connectivity index is 1.75. The second kappa shape index (κ2) is 8.17. The number of piperidine rings is 1. The molecule has 6 heteroatoms. The summed E-state index contributed by atoms with van der Waals surface area (Å²) in [7, 11) is 0. The van der Waals surface area contributed by atoms with Crippen LogP contribution in [0.25, 0.3) is 0 Å². The van der Waals surface area contributed by atoms with Crippen LogP contribution in [0.3, 0.4) is 0 Å². The minimum absolute atomic E-state index is 0.0620. The lowest BCUT2D eigenvalue weighted by atomic mass is 9.93. The maximum absolute atomic E-state index is 12.3. The molecular weight excluding hydrogens is 300 g/mol. The fourth-order valence-electron chi connectivity index (χ4n) is 2.62. The highest BCUT2D eigenvalue weighted by atomic mass is 32.2. The van der Waals surface area contributed by atoms with Gasteiger partial charge in [0.1, 0.15) is 0 Å². The van der Waals surface area contributed by atoms with E-state index in [-0.39, 0.29) is 11.9 Å². The predicted molar refractivity (Wildman–Crippen MR) is 86.6 cm³/mol. The Morgan fingerprint density at radius 3 is 2.91 bits per heavy atom. The number of rotatable bonds is 6. The average molecular weight is 322 g/mol. The molecule has 0 aromatic carbocycles. The number of aromatic nitrogens is 1. The summed E-state index contributed by atoms with van der Waals surface area (Å²) in [5.74, 6) is 0.375. The van der Waals surface area contributed by atoms with Gasteiger partial charge in [0.15, 0.2) is 0 Å². The zero-order chi connectivity index (χ0) is 15.9. The first-order chi connectivity index (χ1) is 10.6. The number of amides is 1. The van der Waals surface area contributed by atoms with Crippen molar-refractivity contribution in [2.75, 3.05) is 12.3 Å². The molecule has 0 saturated carbocycles. The second-order valence-electron chi connectivity index (χ2n) is 5.63. The van der Waals surface area contributed by atoms with Crippen molar-refractivity contribution in [3.05, 3.63) is 30.1 Å². The lowest BCUT2D eigenvalue weighted by Crippen LogP contribution is -2.47.